The van der Waals surface area contributed by atoms with Crippen LogP contribution in [0.1, 0.15) is 0 Å². The van der Waals surface area contributed by atoms with Crippen molar-refractivity contribution in [3.63, 3.8) is 0 Å². The minimum absolute atomic E-state index is 0.857. The van der Waals surface area contributed by atoms with Gasteiger partial charge >= 0.3 is 99.4 Å². The van der Waals surface area contributed by atoms with Crippen LogP contribution in [-0.4, -0.2) is 23.5 Å². The average Bonchev–Trinajstić information content (AvgIpc) is 2.20. The molecule has 1 heterocycles. The second kappa shape index (κ2) is 3.47. The summed E-state index contributed by atoms with van der Waals surface area (Å²) in [6, 6.07) is 7.44. The number of hydrogen-bond donors (Lipinski definition) is 0. The van der Waals surface area contributed by atoms with Crippen molar-refractivity contribution in [2.75, 3.05) is 0 Å². The van der Waals surface area contributed by atoms with Gasteiger partial charge in [-0.15, -0.1) is 0 Å². The van der Waals surface area contributed by atoms with Crippen LogP contribution in [-0.2, 0) is 2.79 Å². The first-order valence-corrected chi connectivity index (χ1v) is 18.3. The standard InChI is InChI=1S/C6H4Cl4Ge2O/c7-11(8)5-3-1-2-4-6(5)12(9,10)13-11/h1-4H. The predicted octanol–water partition coefficient (Wildman–Crippen LogP) is 1.96. The van der Waals surface area contributed by atoms with Gasteiger partial charge in [-0.3, -0.25) is 0 Å². The molecule has 0 spiro atoms. The van der Waals surface area contributed by atoms with E-state index in [9.17, 15) is 0 Å². The van der Waals surface area contributed by atoms with Crippen LogP contribution >= 0.6 is 40.0 Å². The molecule has 0 aliphatic carbocycles. The Morgan fingerprint density at radius 1 is 0.846 bits per heavy atom. The van der Waals surface area contributed by atoms with E-state index in [0.717, 1.165) is 8.79 Å². The Morgan fingerprint density at radius 3 is 1.62 bits per heavy atom. The molecule has 0 unspecified atom stereocenters. The number of hydrogen-bond acceptors (Lipinski definition) is 1. The molecule has 0 atom stereocenters. The summed E-state index contributed by atoms with van der Waals surface area (Å²) >= 11 is -6.68. The van der Waals surface area contributed by atoms with Crippen LogP contribution in [0.2, 0.25) is 0 Å². The Morgan fingerprint density at radius 2 is 1.23 bits per heavy atom. The summed E-state index contributed by atoms with van der Waals surface area (Å²) in [4.78, 5) is 0. The molecule has 0 amide bonds. The van der Waals surface area contributed by atoms with Gasteiger partial charge in [0.05, 0.1) is 0 Å². The summed E-state index contributed by atoms with van der Waals surface area (Å²) in [5.41, 5.74) is 0. The van der Waals surface area contributed by atoms with Crippen LogP contribution in [0.25, 0.3) is 0 Å². The van der Waals surface area contributed by atoms with Gasteiger partial charge in [0.15, 0.2) is 0 Å². The van der Waals surface area contributed by atoms with Gasteiger partial charge in [0.25, 0.3) is 0 Å². The van der Waals surface area contributed by atoms with E-state index in [2.05, 4.69) is 0 Å². The molecule has 0 saturated carbocycles. The average molecular weight is 379 g/mol. The zero-order chi connectivity index (χ0) is 9.69. The second-order valence-electron chi connectivity index (χ2n) is 2.68. The molecule has 1 aromatic carbocycles. The molecule has 0 aromatic heterocycles. The number of fused-ring (bicyclic) bond motifs is 1. The first-order valence-electron chi connectivity index (χ1n) is 3.49. The van der Waals surface area contributed by atoms with Crippen LogP contribution in [0.4, 0.5) is 0 Å². The van der Waals surface area contributed by atoms with Gasteiger partial charge in [0, 0.05) is 0 Å². The fourth-order valence-electron chi connectivity index (χ4n) is 1.26. The zero-order valence-electron chi connectivity index (χ0n) is 6.23. The van der Waals surface area contributed by atoms with Gasteiger partial charge in [-0.05, 0) is 0 Å². The zero-order valence-corrected chi connectivity index (χ0v) is 13.4. The molecule has 70 valence electrons. The molecule has 0 N–H and O–H groups in total. The van der Waals surface area contributed by atoms with Gasteiger partial charge in [-0.1, -0.05) is 0 Å². The first-order chi connectivity index (χ1) is 5.93. The van der Waals surface area contributed by atoms with E-state index in [4.69, 9.17) is 42.8 Å². The number of rotatable bonds is 0. The van der Waals surface area contributed by atoms with E-state index in [1.165, 1.54) is 0 Å². The Hall–Kier alpha value is 1.43. The third kappa shape index (κ3) is 1.89. The van der Waals surface area contributed by atoms with Gasteiger partial charge in [-0.2, -0.15) is 0 Å². The second-order valence-corrected chi connectivity index (χ2v) is 25.0. The molecular formula is C6H4Cl4Ge2O. The van der Waals surface area contributed by atoms with Gasteiger partial charge in [-0.25, -0.2) is 0 Å². The molecule has 1 aromatic rings. The van der Waals surface area contributed by atoms with Crippen molar-refractivity contribution in [1.82, 2.24) is 0 Å². The van der Waals surface area contributed by atoms with E-state index in [1.807, 2.05) is 24.3 Å². The maximum absolute atomic E-state index is 6.09. The van der Waals surface area contributed by atoms with Crippen LogP contribution < -0.4 is 8.79 Å². The molecule has 0 fully saturated rings. The topological polar surface area (TPSA) is 9.23 Å². The van der Waals surface area contributed by atoms with Gasteiger partial charge in [0.1, 0.15) is 0 Å². The molecule has 1 aliphatic rings. The van der Waals surface area contributed by atoms with Crippen molar-refractivity contribution in [3.8, 4) is 0 Å². The van der Waals surface area contributed by atoms with Crippen molar-refractivity contribution < 1.29 is 2.79 Å². The first kappa shape index (κ1) is 10.9. The molecular weight excluding hydrogens is 375 g/mol. The van der Waals surface area contributed by atoms with Crippen molar-refractivity contribution in [2.45, 2.75) is 0 Å². The fraction of sp³-hybridized carbons (Fsp3) is 0. The van der Waals surface area contributed by atoms with Crippen molar-refractivity contribution in [1.29, 1.82) is 0 Å². The van der Waals surface area contributed by atoms with Crippen LogP contribution in [0.5, 0.6) is 0 Å². The maximum atomic E-state index is 6.09. The molecule has 0 bridgehead atoms. The summed E-state index contributed by atoms with van der Waals surface area (Å²) in [6.07, 6.45) is 0. The number of halogens is 4. The van der Waals surface area contributed by atoms with Crippen molar-refractivity contribution in [2.24, 2.45) is 0 Å². The summed E-state index contributed by atoms with van der Waals surface area (Å²) in [6.45, 7) is 0. The molecule has 0 saturated heterocycles. The monoisotopic (exact) mass is 380 g/mol. The Bertz CT molecular complexity index is 321. The van der Waals surface area contributed by atoms with E-state index < -0.39 is 23.5 Å². The van der Waals surface area contributed by atoms with Crippen LogP contribution in [0, 0.1) is 0 Å². The van der Waals surface area contributed by atoms with E-state index in [1.54, 1.807) is 0 Å². The van der Waals surface area contributed by atoms with Gasteiger partial charge < -0.3 is 0 Å². The van der Waals surface area contributed by atoms with E-state index in [0.29, 0.717) is 0 Å². The summed E-state index contributed by atoms with van der Waals surface area (Å²) in [7, 11) is 24.4. The Kier molecular flexibility index (Phi) is 2.92. The van der Waals surface area contributed by atoms with Crippen molar-refractivity contribution >= 4 is 72.3 Å². The predicted molar refractivity (Wildman–Crippen MR) is 61.7 cm³/mol. The fourth-order valence-corrected chi connectivity index (χ4v) is 38.7. The third-order valence-corrected chi connectivity index (χ3v) is 26.6. The van der Waals surface area contributed by atoms with Crippen LogP contribution in [0.15, 0.2) is 24.3 Å². The Labute approximate surface area is 98.4 Å². The molecule has 0 radical (unpaired) electrons. The van der Waals surface area contributed by atoms with Crippen molar-refractivity contribution in [3.05, 3.63) is 24.3 Å². The molecule has 1 nitrogen and oxygen atoms in total. The summed E-state index contributed by atoms with van der Waals surface area (Å²) in [5.74, 6) is 0. The minimum atomic E-state index is -3.34. The molecule has 13 heavy (non-hydrogen) atoms. The molecule has 2 rings (SSSR count). The summed E-state index contributed by atoms with van der Waals surface area (Å²) < 4.78 is 7.16. The SMILES string of the molecule is [Cl][Ge]1([Cl])[O][Ge]([Cl])([Cl])[c]2cccc[c]21. The Balaban J connectivity index is 2.64. The molecule has 7 heteroatoms. The normalized spacial score (nSPS) is 22.8. The van der Waals surface area contributed by atoms with E-state index >= 15 is 0 Å². The summed E-state index contributed by atoms with van der Waals surface area (Å²) in [5, 5.41) is 0. The van der Waals surface area contributed by atoms with E-state index in [-0.39, 0.29) is 0 Å². The third-order valence-electron chi connectivity index (χ3n) is 1.81. The molecule has 1 aliphatic heterocycles. The number of benzene rings is 1. The van der Waals surface area contributed by atoms with Gasteiger partial charge in [0.2, 0.25) is 0 Å². The van der Waals surface area contributed by atoms with Crippen LogP contribution in [0.3, 0.4) is 0 Å². The quantitative estimate of drug-likeness (QED) is 0.627.